The van der Waals surface area contributed by atoms with E-state index in [2.05, 4.69) is 4.98 Å². The summed E-state index contributed by atoms with van der Waals surface area (Å²) in [6.07, 6.45) is 0. The number of carbonyl (C=O) groups is 1. The quantitative estimate of drug-likeness (QED) is 0.302. The standard InChI is InChI=1S/C25H34N4O6S2/c1-27(2)12-13-29(25-26-22-11-8-20(35-5)18-23(22)36-25)24(30)19-6-9-21(10-7-19)37(31,32)28(14-16-33-3)15-17-34-4/h6-11,18H,12-17H2,1-5H3. The van der Waals surface area contributed by atoms with Gasteiger partial charge in [-0.25, -0.2) is 13.4 Å². The number of amides is 1. The highest BCUT2D eigenvalue weighted by Crippen LogP contribution is 2.32. The number of carbonyl (C=O) groups excluding carboxylic acids is 1. The highest BCUT2D eigenvalue weighted by atomic mass is 32.2. The van der Waals surface area contributed by atoms with Crippen molar-refractivity contribution in [3.05, 3.63) is 48.0 Å². The van der Waals surface area contributed by atoms with Crippen LogP contribution in [0.2, 0.25) is 0 Å². The molecule has 3 rings (SSSR count). The molecule has 0 N–H and O–H groups in total. The molecule has 0 atom stereocenters. The third-order valence-corrected chi connectivity index (χ3v) is 8.61. The van der Waals surface area contributed by atoms with Crippen LogP contribution in [0, 0.1) is 0 Å². The van der Waals surface area contributed by atoms with Crippen molar-refractivity contribution < 1.29 is 27.4 Å². The summed E-state index contributed by atoms with van der Waals surface area (Å²) in [5, 5.41) is 0.567. The zero-order valence-corrected chi connectivity index (χ0v) is 23.5. The number of benzene rings is 2. The van der Waals surface area contributed by atoms with Gasteiger partial charge in [0.25, 0.3) is 5.91 Å². The van der Waals surface area contributed by atoms with Crippen LogP contribution >= 0.6 is 11.3 Å². The van der Waals surface area contributed by atoms with Gasteiger partial charge in [-0.05, 0) is 56.6 Å². The normalized spacial score (nSPS) is 12.0. The first-order valence-electron chi connectivity index (χ1n) is 11.7. The van der Waals surface area contributed by atoms with E-state index in [1.54, 1.807) is 24.1 Å². The van der Waals surface area contributed by atoms with Gasteiger partial charge < -0.3 is 19.1 Å². The van der Waals surface area contributed by atoms with Crippen molar-refractivity contribution in [2.45, 2.75) is 4.90 Å². The summed E-state index contributed by atoms with van der Waals surface area (Å²) >= 11 is 1.41. The van der Waals surface area contributed by atoms with Crippen LogP contribution < -0.4 is 9.64 Å². The maximum atomic E-state index is 13.6. The van der Waals surface area contributed by atoms with Crippen LogP contribution in [0.4, 0.5) is 5.13 Å². The molecular weight excluding hydrogens is 516 g/mol. The minimum absolute atomic E-state index is 0.100. The van der Waals surface area contributed by atoms with E-state index in [1.807, 2.05) is 37.2 Å². The van der Waals surface area contributed by atoms with E-state index >= 15 is 0 Å². The van der Waals surface area contributed by atoms with E-state index in [-0.39, 0.29) is 37.1 Å². The predicted molar refractivity (Wildman–Crippen MR) is 145 cm³/mol. The minimum atomic E-state index is -3.79. The molecule has 1 aromatic heterocycles. The van der Waals surface area contributed by atoms with Crippen molar-refractivity contribution in [3.63, 3.8) is 0 Å². The number of thiazole rings is 1. The average Bonchev–Trinajstić information content (AvgIpc) is 3.31. The second kappa shape index (κ2) is 13.3. The molecule has 0 spiro atoms. The molecule has 0 unspecified atom stereocenters. The molecule has 1 amide bonds. The van der Waals surface area contributed by atoms with Crippen LogP contribution in [0.1, 0.15) is 10.4 Å². The summed E-state index contributed by atoms with van der Waals surface area (Å²) in [6, 6.07) is 11.6. The Bertz CT molecular complexity index is 1270. The molecule has 1 heterocycles. The lowest BCUT2D eigenvalue weighted by molar-refractivity contribution is 0.0985. The highest BCUT2D eigenvalue weighted by molar-refractivity contribution is 7.89. The SMILES string of the molecule is COCCN(CCOC)S(=O)(=O)c1ccc(C(=O)N(CCN(C)C)c2nc3ccc(OC)cc3s2)cc1. The number of rotatable bonds is 14. The number of hydrogen-bond donors (Lipinski definition) is 0. The summed E-state index contributed by atoms with van der Waals surface area (Å²) in [5.74, 6) is 0.461. The molecule has 0 radical (unpaired) electrons. The first-order chi connectivity index (χ1) is 17.7. The fraction of sp³-hybridized carbons (Fsp3) is 0.440. The Balaban J connectivity index is 1.89. The number of methoxy groups -OCH3 is 3. The molecule has 0 bridgehead atoms. The Labute approximate surface area is 222 Å². The molecule has 10 nitrogen and oxygen atoms in total. The summed E-state index contributed by atoms with van der Waals surface area (Å²) in [4.78, 5) is 22.0. The Hall–Kier alpha value is -2.61. The van der Waals surface area contributed by atoms with Gasteiger partial charge >= 0.3 is 0 Å². The molecule has 3 aromatic rings. The first kappa shape index (κ1) is 29.0. The molecule has 12 heteroatoms. The average molecular weight is 551 g/mol. The van der Waals surface area contributed by atoms with Gasteiger partial charge in [-0.1, -0.05) is 11.3 Å². The van der Waals surface area contributed by atoms with Gasteiger partial charge in [0.15, 0.2) is 5.13 Å². The number of anilines is 1. The fourth-order valence-electron chi connectivity index (χ4n) is 3.53. The fourth-order valence-corrected chi connectivity index (χ4v) is 5.96. The van der Waals surface area contributed by atoms with Crippen molar-refractivity contribution in [2.24, 2.45) is 0 Å². The second-order valence-electron chi connectivity index (χ2n) is 8.50. The lowest BCUT2D eigenvalue weighted by Gasteiger charge is -2.23. The highest BCUT2D eigenvalue weighted by Gasteiger charge is 2.26. The van der Waals surface area contributed by atoms with Crippen LogP contribution in [0.3, 0.4) is 0 Å². The van der Waals surface area contributed by atoms with E-state index in [9.17, 15) is 13.2 Å². The molecule has 0 aliphatic heterocycles. The molecule has 0 saturated carbocycles. The number of nitrogens with zero attached hydrogens (tertiary/aromatic N) is 4. The van der Waals surface area contributed by atoms with Gasteiger partial charge in [0.05, 0.1) is 35.4 Å². The molecule has 0 aliphatic carbocycles. The van der Waals surface area contributed by atoms with Gasteiger partial charge in [0.2, 0.25) is 10.0 Å². The molecule has 0 fully saturated rings. The van der Waals surface area contributed by atoms with Crippen LogP contribution in [-0.4, -0.2) is 103 Å². The van der Waals surface area contributed by atoms with Crippen LogP contribution in [0.25, 0.3) is 10.2 Å². The number of likely N-dealkylation sites (N-methyl/N-ethyl adjacent to an activating group) is 1. The van der Waals surface area contributed by atoms with Crippen molar-refractivity contribution in [3.8, 4) is 5.75 Å². The lowest BCUT2D eigenvalue weighted by Crippen LogP contribution is -2.37. The monoisotopic (exact) mass is 550 g/mol. The number of fused-ring (bicyclic) bond motifs is 1. The number of ether oxygens (including phenoxy) is 3. The molecule has 37 heavy (non-hydrogen) atoms. The van der Waals surface area contributed by atoms with Crippen molar-refractivity contribution >= 4 is 42.6 Å². The van der Waals surface area contributed by atoms with E-state index in [1.165, 1.54) is 42.0 Å². The third-order valence-electron chi connectivity index (χ3n) is 5.66. The van der Waals surface area contributed by atoms with Gasteiger partial charge in [0.1, 0.15) is 5.75 Å². The first-order valence-corrected chi connectivity index (χ1v) is 14.0. The maximum Gasteiger partial charge on any atom is 0.260 e. The van der Waals surface area contributed by atoms with Crippen molar-refractivity contribution in [1.82, 2.24) is 14.2 Å². The Morgan fingerprint density at radius 3 is 2.14 bits per heavy atom. The second-order valence-corrected chi connectivity index (χ2v) is 11.5. The number of hydrogen-bond acceptors (Lipinski definition) is 9. The van der Waals surface area contributed by atoms with Crippen molar-refractivity contribution in [1.29, 1.82) is 0 Å². The largest absolute Gasteiger partial charge is 0.497 e. The summed E-state index contributed by atoms with van der Waals surface area (Å²) in [6.45, 7) is 1.96. The van der Waals surface area contributed by atoms with Crippen LogP contribution in [0.5, 0.6) is 5.75 Å². The summed E-state index contributed by atoms with van der Waals surface area (Å²) < 4.78 is 44.1. The number of aromatic nitrogens is 1. The van der Waals surface area contributed by atoms with Crippen molar-refractivity contribution in [2.75, 3.05) is 79.7 Å². The van der Waals surface area contributed by atoms with Gasteiger partial charge in [-0.2, -0.15) is 4.31 Å². The number of sulfonamides is 1. The van der Waals surface area contributed by atoms with Crippen LogP contribution in [-0.2, 0) is 19.5 Å². The molecule has 2 aromatic carbocycles. The van der Waals surface area contributed by atoms with Gasteiger partial charge in [-0.3, -0.25) is 9.69 Å². The van der Waals surface area contributed by atoms with Gasteiger partial charge in [0, 0.05) is 46.0 Å². The maximum absolute atomic E-state index is 13.6. The summed E-state index contributed by atoms with van der Waals surface area (Å²) in [7, 11) is 4.73. The van der Waals surface area contributed by atoms with E-state index in [0.29, 0.717) is 23.8 Å². The third kappa shape index (κ3) is 7.24. The summed E-state index contributed by atoms with van der Waals surface area (Å²) in [5.41, 5.74) is 1.15. The van der Waals surface area contributed by atoms with E-state index < -0.39 is 10.0 Å². The van der Waals surface area contributed by atoms with Gasteiger partial charge in [-0.15, -0.1) is 0 Å². The zero-order chi connectivity index (χ0) is 27.0. The molecule has 0 aliphatic rings. The van der Waals surface area contributed by atoms with E-state index in [4.69, 9.17) is 14.2 Å². The Morgan fingerprint density at radius 2 is 1.57 bits per heavy atom. The minimum Gasteiger partial charge on any atom is -0.497 e. The predicted octanol–water partition coefficient (Wildman–Crippen LogP) is 2.80. The lowest BCUT2D eigenvalue weighted by atomic mass is 10.2. The smallest absolute Gasteiger partial charge is 0.260 e. The Kier molecular flexibility index (Phi) is 10.4. The van der Waals surface area contributed by atoms with Crippen LogP contribution in [0.15, 0.2) is 47.4 Å². The molecule has 0 saturated heterocycles. The Morgan fingerprint density at radius 1 is 0.919 bits per heavy atom. The molecular formula is C25H34N4O6S2. The topological polar surface area (TPSA) is 102 Å². The zero-order valence-electron chi connectivity index (χ0n) is 21.8. The van der Waals surface area contributed by atoms with E-state index in [0.717, 1.165) is 16.0 Å². The molecule has 202 valence electrons.